The standard InChI is InChI=1S/C30H40N2O2/c1-34-29-14-8-7-13-27(29)28-22-32(30(33)25-11-5-6-12-25)21-26(28)20-31-17-15-24(16-18-31)19-23-9-3-2-4-10-23/h2-4,7-10,13-14,24-26,28H,5-6,11-12,15-22H2,1H3/t26-,28-/m0/s1. The van der Waals surface area contributed by atoms with Crippen molar-refractivity contribution in [3.8, 4) is 5.75 Å². The number of likely N-dealkylation sites (tertiary alicyclic amines) is 2. The molecule has 3 aliphatic rings. The first-order chi connectivity index (χ1) is 16.7. The van der Waals surface area contributed by atoms with Crippen molar-refractivity contribution in [2.24, 2.45) is 17.8 Å². The van der Waals surface area contributed by atoms with Gasteiger partial charge in [0, 0.05) is 31.5 Å². The van der Waals surface area contributed by atoms with Crippen molar-refractivity contribution < 1.29 is 9.53 Å². The predicted molar refractivity (Wildman–Crippen MR) is 137 cm³/mol. The number of hydrogen-bond acceptors (Lipinski definition) is 3. The summed E-state index contributed by atoms with van der Waals surface area (Å²) in [7, 11) is 1.77. The molecule has 2 aromatic carbocycles. The van der Waals surface area contributed by atoms with Crippen LogP contribution in [0.25, 0.3) is 0 Å². The van der Waals surface area contributed by atoms with E-state index in [-0.39, 0.29) is 5.92 Å². The molecule has 4 heteroatoms. The van der Waals surface area contributed by atoms with E-state index in [1.807, 2.05) is 6.07 Å². The van der Waals surface area contributed by atoms with Crippen LogP contribution < -0.4 is 4.74 Å². The molecule has 0 N–H and O–H groups in total. The Balaban J connectivity index is 1.25. The summed E-state index contributed by atoms with van der Waals surface area (Å²) >= 11 is 0. The highest BCUT2D eigenvalue weighted by molar-refractivity contribution is 5.79. The van der Waals surface area contributed by atoms with Gasteiger partial charge in [-0.25, -0.2) is 0 Å². The number of carbonyl (C=O) groups is 1. The Labute approximate surface area is 205 Å². The Hall–Kier alpha value is -2.33. The summed E-state index contributed by atoms with van der Waals surface area (Å²) in [5.41, 5.74) is 2.74. The Kier molecular flexibility index (Phi) is 7.54. The van der Waals surface area contributed by atoms with E-state index in [4.69, 9.17) is 4.74 Å². The summed E-state index contributed by atoms with van der Waals surface area (Å²) in [5, 5.41) is 0. The number of benzene rings is 2. The summed E-state index contributed by atoms with van der Waals surface area (Å²) in [5.74, 6) is 3.23. The lowest BCUT2D eigenvalue weighted by Crippen LogP contribution is -2.39. The highest BCUT2D eigenvalue weighted by atomic mass is 16.5. The molecular formula is C30H40N2O2. The second-order valence-electron chi connectivity index (χ2n) is 10.8. The van der Waals surface area contributed by atoms with Crippen molar-refractivity contribution in [2.45, 2.75) is 50.9 Å². The summed E-state index contributed by atoms with van der Waals surface area (Å²) in [4.78, 5) is 18.2. The lowest BCUT2D eigenvalue weighted by molar-refractivity contribution is -0.134. The van der Waals surface area contributed by atoms with Gasteiger partial charge in [-0.05, 0) is 74.2 Å². The molecule has 1 saturated carbocycles. The van der Waals surface area contributed by atoms with Crippen molar-refractivity contribution in [1.29, 1.82) is 0 Å². The molecule has 0 aromatic heterocycles. The second-order valence-corrected chi connectivity index (χ2v) is 10.8. The fraction of sp³-hybridized carbons (Fsp3) is 0.567. The van der Waals surface area contributed by atoms with Gasteiger partial charge in [-0.2, -0.15) is 0 Å². The number of piperidine rings is 1. The molecule has 0 spiro atoms. The van der Waals surface area contributed by atoms with E-state index in [0.29, 0.717) is 17.7 Å². The fourth-order valence-electron chi connectivity index (χ4n) is 6.64. The van der Waals surface area contributed by atoms with Gasteiger partial charge >= 0.3 is 0 Å². The number of amides is 1. The molecule has 5 rings (SSSR count). The molecule has 34 heavy (non-hydrogen) atoms. The maximum absolute atomic E-state index is 13.3. The summed E-state index contributed by atoms with van der Waals surface area (Å²) in [6.07, 6.45) is 8.31. The quantitative estimate of drug-likeness (QED) is 0.556. The third-order valence-electron chi connectivity index (χ3n) is 8.56. The molecule has 2 saturated heterocycles. The number of rotatable bonds is 7. The fourth-order valence-corrected chi connectivity index (χ4v) is 6.64. The van der Waals surface area contributed by atoms with Crippen molar-refractivity contribution >= 4 is 5.91 Å². The lowest BCUT2D eigenvalue weighted by Gasteiger charge is -2.35. The van der Waals surface area contributed by atoms with Gasteiger partial charge in [0.05, 0.1) is 7.11 Å². The SMILES string of the molecule is COc1ccccc1[C@H]1CN(C(=O)C2CCCC2)C[C@@H]1CN1CCC(Cc2ccccc2)CC1. The third kappa shape index (κ3) is 5.33. The molecule has 182 valence electrons. The van der Waals surface area contributed by atoms with E-state index in [1.165, 1.54) is 56.3 Å². The zero-order valence-electron chi connectivity index (χ0n) is 20.7. The molecule has 3 fully saturated rings. The average molecular weight is 461 g/mol. The van der Waals surface area contributed by atoms with Crippen LogP contribution in [-0.2, 0) is 11.2 Å². The minimum absolute atomic E-state index is 0.255. The van der Waals surface area contributed by atoms with E-state index in [1.54, 1.807) is 7.11 Å². The smallest absolute Gasteiger partial charge is 0.225 e. The molecular weight excluding hydrogens is 420 g/mol. The number of carbonyl (C=O) groups excluding carboxylic acids is 1. The van der Waals surface area contributed by atoms with Gasteiger partial charge in [0.15, 0.2) is 0 Å². The zero-order chi connectivity index (χ0) is 23.3. The lowest BCUT2D eigenvalue weighted by atomic mass is 9.86. The first-order valence-electron chi connectivity index (χ1n) is 13.4. The van der Waals surface area contributed by atoms with Crippen LogP contribution in [-0.4, -0.2) is 55.5 Å². The third-order valence-corrected chi connectivity index (χ3v) is 8.56. The normalized spacial score (nSPS) is 24.6. The van der Waals surface area contributed by atoms with Crippen LogP contribution in [0.5, 0.6) is 5.75 Å². The van der Waals surface area contributed by atoms with Crippen LogP contribution in [0.3, 0.4) is 0 Å². The van der Waals surface area contributed by atoms with Crippen LogP contribution in [0.15, 0.2) is 54.6 Å². The molecule has 2 aliphatic heterocycles. The molecule has 0 radical (unpaired) electrons. The molecule has 1 aliphatic carbocycles. The predicted octanol–water partition coefficient (Wildman–Crippen LogP) is 5.38. The largest absolute Gasteiger partial charge is 0.496 e. The van der Waals surface area contributed by atoms with Crippen LogP contribution in [0.2, 0.25) is 0 Å². The molecule has 1 amide bonds. The minimum Gasteiger partial charge on any atom is -0.496 e. The van der Waals surface area contributed by atoms with Gasteiger partial charge in [-0.3, -0.25) is 4.79 Å². The van der Waals surface area contributed by atoms with Gasteiger partial charge < -0.3 is 14.5 Å². The number of hydrogen-bond donors (Lipinski definition) is 0. The Morgan fingerprint density at radius 2 is 1.62 bits per heavy atom. The Bertz CT molecular complexity index is 932. The number of para-hydroxylation sites is 1. The maximum atomic E-state index is 13.3. The van der Waals surface area contributed by atoms with E-state index in [2.05, 4.69) is 58.3 Å². The van der Waals surface area contributed by atoms with Gasteiger partial charge in [0.25, 0.3) is 0 Å². The van der Waals surface area contributed by atoms with E-state index < -0.39 is 0 Å². The van der Waals surface area contributed by atoms with Gasteiger partial charge in [0.1, 0.15) is 5.75 Å². The van der Waals surface area contributed by atoms with Gasteiger partial charge in [-0.15, -0.1) is 0 Å². The minimum atomic E-state index is 0.255. The van der Waals surface area contributed by atoms with E-state index >= 15 is 0 Å². The summed E-state index contributed by atoms with van der Waals surface area (Å²) in [6, 6.07) is 19.4. The topological polar surface area (TPSA) is 32.8 Å². The van der Waals surface area contributed by atoms with Gasteiger partial charge in [-0.1, -0.05) is 61.4 Å². The highest BCUT2D eigenvalue weighted by Gasteiger charge is 2.40. The van der Waals surface area contributed by atoms with Crippen LogP contribution in [0.4, 0.5) is 0 Å². The zero-order valence-corrected chi connectivity index (χ0v) is 20.7. The molecule has 0 bridgehead atoms. The van der Waals surface area contributed by atoms with E-state index in [9.17, 15) is 4.79 Å². The van der Waals surface area contributed by atoms with Crippen molar-refractivity contribution in [2.75, 3.05) is 39.8 Å². The Morgan fingerprint density at radius 1 is 0.912 bits per heavy atom. The number of ether oxygens (including phenoxy) is 1. The summed E-state index contributed by atoms with van der Waals surface area (Å²) < 4.78 is 5.75. The van der Waals surface area contributed by atoms with E-state index in [0.717, 1.165) is 44.1 Å². The van der Waals surface area contributed by atoms with Crippen LogP contribution >= 0.6 is 0 Å². The molecule has 0 unspecified atom stereocenters. The average Bonchev–Trinajstić information content (AvgIpc) is 3.56. The Morgan fingerprint density at radius 3 is 2.35 bits per heavy atom. The van der Waals surface area contributed by atoms with Gasteiger partial charge in [0.2, 0.25) is 5.91 Å². The summed E-state index contributed by atoms with van der Waals surface area (Å²) in [6.45, 7) is 5.15. The first kappa shape index (κ1) is 23.4. The van der Waals surface area contributed by atoms with Crippen molar-refractivity contribution in [1.82, 2.24) is 9.80 Å². The highest BCUT2D eigenvalue weighted by Crippen LogP contribution is 2.40. The monoisotopic (exact) mass is 460 g/mol. The molecule has 2 heterocycles. The number of nitrogens with zero attached hydrogens (tertiary/aromatic N) is 2. The second kappa shape index (κ2) is 10.9. The van der Waals surface area contributed by atoms with Crippen molar-refractivity contribution in [3.05, 3.63) is 65.7 Å². The number of methoxy groups -OCH3 is 1. The van der Waals surface area contributed by atoms with Crippen LogP contribution in [0.1, 0.15) is 55.6 Å². The van der Waals surface area contributed by atoms with Crippen molar-refractivity contribution in [3.63, 3.8) is 0 Å². The molecule has 2 atom stereocenters. The van der Waals surface area contributed by atoms with Crippen LogP contribution in [0, 0.1) is 17.8 Å². The molecule has 2 aromatic rings. The first-order valence-corrected chi connectivity index (χ1v) is 13.4. The molecule has 4 nitrogen and oxygen atoms in total. The maximum Gasteiger partial charge on any atom is 0.225 e.